The second-order valence-electron chi connectivity index (χ2n) is 11.6. The fourth-order valence-electron chi connectivity index (χ4n) is 5.25. The standard InChI is InChI=1S/C31H38N2O10/c1-30(2)38-18-22(41-30)24-25(26-28(40-24)43-31(3,4)42-26)39-27(35)21(15-19-11-7-5-8-12-19)33-23(34)16-32-29(36)37-17-20-13-9-6-10-14-20/h5-14,21-22,24-26,28H,15-18H2,1-4H3,(H,32,36)(H,33,34)/t21-,22+,24+,25-,26+,28+/m1/s1. The Morgan fingerprint density at radius 3 is 2.21 bits per heavy atom. The molecule has 5 rings (SSSR count). The summed E-state index contributed by atoms with van der Waals surface area (Å²) >= 11 is 0. The summed E-state index contributed by atoms with van der Waals surface area (Å²) in [6.07, 6.45) is -4.28. The molecule has 2 aromatic rings. The zero-order chi connectivity index (χ0) is 30.6. The maximum Gasteiger partial charge on any atom is 0.407 e. The van der Waals surface area contributed by atoms with Crippen molar-refractivity contribution in [3.63, 3.8) is 0 Å². The van der Waals surface area contributed by atoms with Crippen molar-refractivity contribution in [3.8, 4) is 0 Å². The van der Waals surface area contributed by atoms with Gasteiger partial charge in [-0.05, 0) is 38.8 Å². The van der Waals surface area contributed by atoms with E-state index in [1.54, 1.807) is 27.7 Å². The van der Waals surface area contributed by atoms with Gasteiger partial charge in [0.2, 0.25) is 5.91 Å². The van der Waals surface area contributed by atoms with Crippen molar-refractivity contribution in [2.75, 3.05) is 13.2 Å². The van der Waals surface area contributed by atoms with Crippen molar-refractivity contribution in [2.45, 2.75) is 89.0 Å². The van der Waals surface area contributed by atoms with E-state index in [9.17, 15) is 14.4 Å². The number of esters is 1. The highest BCUT2D eigenvalue weighted by molar-refractivity contribution is 5.87. The first-order valence-corrected chi connectivity index (χ1v) is 14.3. The quantitative estimate of drug-likeness (QED) is 0.392. The number of carbonyl (C=O) groups is 3. The van der Waals surface area contributed by atoms with E-state index in [0.717, 1.165) is 11.1 Å². The average molecular weight is 599 g/mol. The van der Waals surface area contributed by atoms with Crippen molar-refractivity contribution in [3.05, 3.63) is 71.8 Å². The molecule has 12 nitrogen and oxygen atoms in total. The zero-order valence-corrected chi connectivity index (χ0v) is 24.6. The Balaban J connectivity index is 1.24. The van der Waals surface area contributed by atoms with Gasteiger partial charge in [0.15, 0.2) is 30.1 Å². The molecule has 3 saturated heterocycles. The summed E-state index contributed by atoms with van der Waals surface area (Å²) in [4.78, 5) is 38.7. The molecule has 2 aromatic carbocycles. The molecule has 6 atom stereocenters. The lowest BCUT2D eigenvalue weighted by Crippen LogP contribution is -2.51. The van der Waals surface area contributed by atoms with Crippen molar-refractivity contribution in [1.82, 2.24) is 10.6 Å². The molecule has 232 valence electrons. The predicted octanol–water partition coefficient (Wildman–Crippen LogP) is 2.58. The molecular formula is C31H38N2O10. The van der Waals surface area contributed by atoms with Gasteiger partial charge in [0, 0.05) is 6.42 Å². The molecule has 0 unspecified atom stereocenters. The average Bonchev–Trinajstić information content (AvgIpc) is 3.60. The van der Waals surface area contributed by atoms with E-state index in [2.05, 4.69) is 10.6 Å². The third kappa shape index (κ3) is 8.09. The molecule has 43 heavy (non-hydrogen) atoms. The van der Waals surface area contributed by atoms with Crippen LogP contribution in [0.2, 0.25) is 0 Å². The van der Waals surface area contributed by atoms with Gasteiger partial charge in [0.25, 0.3) is 0 Å². The smallest absolute Gasteiger partial charge is 0.407 e. The molecule has 0 spiro atoms. The van der Waals surface area contributed by atoms with Crippen LogP contribution in [0.15, 0.2) is 60.7 Å². The van der Waals surface area contributed by atoms with Gasteiger partial charge in [-0.25, -0.2) is 9.59 Å². The summed E-state index contributed by atoms with van der Waals surface area (Å²) in [7, 11) is 0. The lowest BCUT2D eigenvalue weighted by molar-refractivity contribution is -0.235. The Hall–Kier alpha value is -3.55. The van der Waals surface area contributed by atoms with Gasteiger partial charge in [0.05, 0.1) is 6.61 Å². The summed E-state index contributed by atoms with van der Waals surface area (Å²) in [5.74, 6) is -3.08. The summed E-state index contributed by atoms with van der Waals surface area (Å²) in [5, 5.41) is 5.10. The topological polar surface area (TPSA) is 140 Å². The van der Waals surface area contributed by atoms with Crippen LogP contribution in [0.1, 0.15) is 38.8 Å². The van der Waals surface area contributed by atoms with E-state index < -0.39 is 72.8 Å². The molecule has 2 N–H and O–H groups in total. The Morgan fingerprint density at radius 1 is 0.884 bits per heavy atom. The number of alkyl carbamates (subject to hydrolysis) is 1. The number of amides is 2. The maximum absolute atomic E-state index is 13.7. The van der Waals surface area contributed by atoms with E-state index in [1.807, 2.05) is 60.7 Å². The summed E-state index contributed by atoms with van der Waals surface area (Å²) in [6.45, 7) is 6.95. The van der Waals surface area contributed by atoms with Crippen molar-refractivity contribution in [2.24, 2.45) is 0 Å². The molecule has 3 aliphatic rings. The second-order valence-corrected chi connectivity index (χ2v) is 11.6. The van der Waals surface area contributed by atoms with Crippen LogP contribution in [0.4, 0.5) is 4.79 Å². The lowest BCUT2D eigenvalue weighted by atomic mass is 10.0. The summed E-state index contributed by atoms with van der Waals surface area (Å²) in [6, 6.07) is 17.3. The molecule has 3 heterocycles. The second kappa shape index (κ2) is 13.0. The number of hydrogen-bond donors (Lipinski definition) is 2. The Labute approximate surface area is 250 Å². The molecule has 2 amide bonds. The Morgan fingerprint density at radius 2 is 1.56 bits per heavy atom. The van der Waals surface area contributed by atoms with Crippen LogP contribution in [0.5, 0.6) is 0 Å². The number of hydrogen-bond acceptors (Lipinski definition) is 10. The minimum atomic E-state index is -1.08. The zero-order valence-electron chi connectivity index (χ0n) is 24.6. The number of carbonyl (C=O) groups excluding carboxylic acids is 3. The van der Waals surface area contributed by atoms with Gasteiger partial charge in [0.1, 0.15) is 31.4 Å². The van der Waals surface area contributed by atoms with Crippen LogP contribution in [0.25, 0.3) is 0 Å². The fraction of sp³-hybridized carbons (Fsp3) is 0.516. The highest BCUT2D eigenvalue weighted by Gasteiger charge is 2.60. The van der Waals surface area contributed by atoms with Gasteiger partial charge < -0.3 is 43.8 Å². The predicted molar refractivity (Wildman–Crippen MR) is 150 cm³/mol. The highest BCUT2D eigenvalue weighted by Crippen LogP contribution is 2.42. The van der Waals surface area contributed by atoms with E-state index in [4.69, 9.17) is 33.2 Å². The summed E-state index contributed by atoms with van der Waals surface area (Å²) in [5.41, 5.74) is 1.61. The van der Waals surface area contributed by atoms with Crippen LogP contribution in [-0.2, 0) is 55.8 Å². The number of benzene rings is 2. The summed E-state index contributed by atoms with van der Waals surface area (Å²) < 4.78 is 41.0. The Kier molecular flexibility index (Phi) is 9.33. The first kappa shape index (κ1) is 30.9. The van der Waals surface area contributed by atoms with Crippen LogP contribution >= 0.6 is 0 Å². The van der Waals surface area contributed by atoms with Gasteiger partial charge >= 0.3 is 12.1 Å². The van der Waals surface area contributed by atoms with E-state index >= 15 is 0 Å². The van der Waals surface area contributed by atoms with Crippen LogP contribution in [0.3, 0.4) is 0 Å². The van der Waals surface area contributed by atoms with E-state index in [-0.39, 0.29) is 19.6 Å². The first-order chi connectivity index (χ1) is 20.5. The van der Waals surface area contributed by atoms with Crippen molar-refractivity contribution >= 4 is 18.0 Å². The SMILES string of the molecule is CC1(C)O[C@@H]2O[C@@H]([C@@H]3COC(C)(C)O3)[C@@H](OC(=O)[C@@H](Cc3ccccc3)NC(=O)CNC(=O)OCc3ccccc3)[C@@H]2O1. The molecule has 0 bridgehead atoms. The van der Waals surface area contributed by atoms with Crippen LogP contribution < -0.4 is 10.6 Å². The van der Waals surface area contributed by atoms with E-state index in [0.29, 0.717) is 0 Å². The van der Waals surface area contributed by atoms with Gasteiger partial charge in [-0.15, -0.1) is 0 Å². The molecule has 0 aromatic heterocycles. The molecule has 3 aliphatic heterocycles. The van der Waals surface area contributed by atoms with Gasteiger partial charge in [-0.2, -0.15) is 0 Å². The van der Waals surface area contributed by atoms with Gasteiger partial charge in [-0.1, -0.05) is 60.7 Å². The van der Waals surface area contributed by atoms with Crippen molar-refractivity contribution in [1.29, 1.82) is 0 Å². The minimum absolute atomic E-state index is 0.0551. The van der Waals surface area contributed by atoms with Gasteiger partial charge in [-0.3, -0.25) is 4.79 Å². The fourth-order valence-corrected chi connectivity index (χ4v) is 5.25. The molecule has 0 radical (unpaired) electrons. The number of nitrogens with one attached hydrogen (secondary N) is 2. The molecule has 0 saturated carbocycles. The highest BCUT2D eigenvalue weighted by atomic mass is 16.8. The molecular weight excluding hydrogens is 560 g/mol. The molecule has 12 heteroatoms. The minimum Gasteiger partial charge on any atom is -0.455 e. The van der Waals surface area contributed by atoms with Crippen molar-refractivity contribution < 1.29 is 47.5 Å². The van der Waals surface area contributed by atoms with Crippen LogP contribution in [-0.4, -0.2) is 79.4 Å². The number of rotatable bonds is 10. The van der Waals surface area contributed by atoms with E-state index in [1.165, 1.54) is 0 Å². The number of ether oxygens (including phenoxy) is 7. The first-order valence-electron chi connectivity index (χ1n) is 14.3. The lowest BCUT2D eigenvalue weighted by Gasteiger charge is -2.30. The third-order valence-corrected chi connectivity index (χ3v) is 7.18. The monoisotopic (exact) mass is 598 g/mol. The largest absolute Gasteiger partial charge is 0.455 e. The third-order valence-electron chi connectivity index (χ3n) is 7.18. The Bertz CT molecular complexity index is 1270. The molecule has 3 fully saturated rings. The van der Waals surface area contributed by atoms with Crippen LogP contribution in [0, 0.1) is 0 Å². The normalized spacial score (nSPS) is 27.6. The number of fused-ring (bicyclic) bond motifs is 1. The maximum atomic E-state index is 13.7. The molecule has 0 aliphatic carbocycles.